The molecule has 1 N–H and O–H groups in total. The van der Waals surface area contributed by atoms with Crippen molar-refractivity contribution in [3.63, 3.8) is 0 Å². The lowest BCUT2D eigenvalue weighted by molar-refractivity contribution is -0.136. The Kier molecular flexibility index (Phi) is 4.92. The number of nitrogens with one attached hydrogen (secondary N) is 1. The molecule has 3 aromatic rings. The highest BCUT2D eigenvalue weighted by molar-refractivity contribution is 6.23. The standard InChI is InChI=1S/C25H20FN3O4/c1-28(13-15-7-4-6-14-5-2-3-8-16(14)15)21-12-18-17(11-19(21)26)24(32)29(25(18)33)20-9-10-22(30)27-23(20)31/h2-8,11-12,20H,9-10,13H2,1H3,(H,27,30,31). The maximum Gasteiger partial charge on any atom is 0.262 e. The van der Waals surface area contributed by atoms with E-state index in [4.69, 9.17) is 0 Å². The van der Waals surface area contributed by atoms with Crippen molar-refractivity contribution in [3.05, 3.63) is 77.1 Å². The predicted molar refractivity (Wildman–Crippen MR) is 119 cm³/mol. The number of benzene rings is 3. The van der Waals surface area contributed by atoms with E-state index < -0.39 is 35.5 Å². The molecule has 8 heteroatoms. The zero-order chi connectivity index (χ0) is 23.3. The van der Waals surface area contributed by atoms with Crippen LogP contribution in [0.5, 0.6) is 0 Å². The molecule has 5 rings (SSSR count). The number of piperidine rings is 1. The van der Waals surface area contributed by atoms with Crippen LogP contribution in [-0.2, 0) is 16.1 Å². The van der Waals surface area contributed by atoms with Crippen molar-refractivity contribution in [1.29, 1.82) is 0 Å². The second-order valence-electron chi connectivity index (χ2n) is 8.29. The molecule has 4 amide bonds. The molecule has 2 aliphatic heterocycles. The Morgan fingerprint density at radius 3 is 2.45 bits per heavy atom. The Morgan fingerprint density at radius 2 is 1.70 bits per heavy atom. The molecule has 0 saturated carbocycles. The van der Waals surface area contributed by atoms with Gasteiger partial charge in [-0.05, 0) is 34.9 Å². The van der Waals surface area contributed by atoms with Crippen molar-refractivity contribution in [2.45, 2.75) is 25.4 Å². The molecular formula is C25H20FN3O4. The Hall–Kier alpha value is -4.07. The molecule has 0 aromatic heterocycles. The highest BCUT2D eigenvalue weighted by Gasteiger charge is 2.45. The molecule has 3 aromatic carbocycles. The maximum atomic E-state index is 15.1. The minimum Gasteiger partial charge on any atom is -0.368 e. The number of amides is 4. The summed E-state index contributed by atoms with van der Waals surface area (Å²) in [6.45, 7) is 0.385. The summed E-state index contributed by atoms with van der Waals surface area (Å²) in [6.07, 6.45) is 0.0731. The molecular weight excluding hydrogens is 425 g/mol. The quantitative estimate of drug-likeness (QED) is 0.624. The van der Waals surface area contributed by atoms with E-state index in [9.17, 15) is 19.2 Å². The van der Waals surface area contributed by atoms with Gasteiger partial charge in [0.15, 0.2) is 0 Å². The van der Waals surface area contributed by atoms with Crippen LogP contribution in [0.2, 0.25) is 0 Å². The molecule has 33 heavy (non-hydrogen) atoms. The lowest BCUT2D eigenvalue weighted by Crippen LogP contribution is -2.54. The van der Waals surface area contributed by atoms with Crippen molar-refractivity contribution in [2.75, 3.05) is 11.9 Å². The lowest BCUT2D eigenvalue weighted by atomic mass is 10.0. The van der Waals surface area contributed by atoms with Crippen molar-refractivity contribution in [1.82, 2.24) is 10.2 Å². The Bertz CT molecular complexity index is 1350. The summed E-state index contributed by atoms with van der Waals surface area (Å²) in [5, 5.41) is 4.26. The van der Waals surface area contributed by atoms with Crippen molar-refractivity contribution < 1.29 is 23.6 Å². The van der Waals surface area contributed by atoms with Gasteiger partial charge in [-0.15, -0.1) is 0 Å². The number of anilines is 1. The van der Waals surface area contributed by atoms with Crippen LogP contribution in [-0.4, -0.2) is 41.6 Å². The minimum atomic E-state index is -1.09. The molecule has 1 fully saturated rings. The van der Waals surface area contributed by atoms with Crippen LogP contribution in [0.25, 0.3) is 10.8 Å². The zero-order valence-electron chi connectivity index (χ0n) is 17.8. The first-order chi connectivity index (χ1) is 15.8. The summed E-state index contributed by atoms with van der Waals surface area (Å²) < 4.78 is 15.1. The van der Waals surface area contributed by atoms with Crippen LogP contribution in [0, 0.1) is 5.82 Å². The van der Waals surface area contributed by atoms with E-state index in [1.165, 1.54) is 6.07 Å². The molecule has 1 saturated heterocycles. The Labute approximate surface area is 188 Å². The summed E-state index contributed by atoms with van der Waals surface area (Å²) in [7, 11) is 1.71. The van der Waals surface area contributed by atoms with Gasteiger partial charge in [-0.3, -0.25) is 29.4 Å². The number of fused-ring (bicyclic) bond motifs is 2. The third-order valence-corrected chi connectivity index (χ3v) is 6.21. The van der Waals surface area contributed by atoms with Crippen molar-refractivity contribution in [2.24, 2.45) is 0 Å². The smallest absolute Gasteiger partial charge is 0.262 e. The zero-order valence-corrected chi connectivity index (χ0v) is 17.8. The van der Waals surface area contributed by atoms with Crippen LogP contribution < -0.4 is 10.2 Å². The molecule has 0 radical (unpaired) electrons. The summed E-state index contributed by atoms with van der Waals surface area (Å²) in [5.41, 5.74) is 1.13. The van der Waals surface area contributed by atoms with Gasteiger partial charge in [-0.25, -0.2) is 4.39 Å². The number of hydrogen-bond donors (Lipinski definition) is 1. The van der Waals surface area contributed by atoms with Crippen LogP contribution in [0.1, 0.15) is 39.1 Å². The number of hydrogen-bond acceptors (Lipinski definition) is 5. The summed E-state index contributed by atoms with van der Waals surface area (Å²) in [6, 6.07) is 15.1. The van der Waals surface area contributed by atoms with E-state index in [2.05, 4.69) is 5.32 Å². The van der Waals surface area contributed by atoms with Gasteiger partial charge in [0.05, 0.1) is 16.8 Å². The fourth-order valence-electron chi connectivity index (χ4n) is 4.54. The number of carbonyl (C=O) groups is 4. The second-order valence-corrected chi connectivity index (χ2v) is 8.29. The molecule has 0 bridgehead atoms. The number of halogens is 1. The van der Waals surface area contributed by atoms with E-state index in [1.807, 2.05) is 42.5 Å². The predicted octanol–water partition coefficient (Wildman–Crippen LogP) is 3.02. The molecule has 0 spiro atoms. The first-order valence-corrected chi connectivity index (χ1v) is 10.6. The Morgan fingerprint density at radius 1 is 1.00 bits per heavy atom. The van der Waals surface area contributed by atoms with Gasteiger partial charge in [0.2, 0.25) is 11.8 Å². The highest BCUT2D eigenvalue weighted by Crippen LogP contribution is 2.33. The van der Waals surface area contributed by atoms with Gasteiger partial charge in [-0.1, -0.05) is 42.5 Å². The second kappa shape index (κ2) is 7.81. The number of imide groups is 2. The lowest BCUT2D eigenvalue weighted by Gasteiger charge is -2.27. The van der Waals surface area contributed by atoms with E-state index in [0.29, 0.717) is 6.54 Å². The van der Waals surface area contributed by atoms with E-state index in [1.54, 1.807) is 11.9 Å². The van der Waals surface area contributed by atoms with E-state index in [0.717, 1.165) is 27.3 Å². The third kappa shape index (κ3) is 3.44. The minimum absolute atomic E-state index is 0.0250. The van der Waals surface area contributed by atoms with Crippen LogP contribution in [0.4, 0.5) is 10.1 Å². The summed E-state index contributed by atoms with van der Waals surface area (Å²) in [5.74, 6) is -3.18. The number of carbonyl (C=O) groups excluding carboxylic acids is 4. The number of nitrogens with zero attached hydrogens (tertiary/aromatic N) is 2. The van der Waals surface area contributed by atoms with Crippen LogP contribution >= 0.6 is 0 Å². The topological polar surface area (TPSA) is 86.8 Å². The van der Waals surface area contributed by atoms with Crippen molar-refractivity contribution in [3.8, 4) is 0 Å². The first-order valence-electron chi connectivity index (χ1n) is 10.6. The summed E-state index contributed by atoms with van der Waals surface area (Å²) in [4.78, 5) is 52.1. The highest BCUT2D eigenvalue weighted by atomic mass is 19.1. The van der Waals surface area contributed by atoms with Crippen LogP contribution in [0.15, 0.2) is 54.6 Å². The monoisotopic (exact) mass is 445 g/mol. The fraction of sp³-hybridized carbons (Fsp3) is 0.200. The average Bonchev–Trinajstić information content (AvgIpc) is 3.03. The number of rotatable bonds is 4. The van der Waals surface area contributed by atoms with Crippen LogP contribution in [0.3, 0.4) is 0 Å². The molecule has 1 unspecified atom stereocenters. The molecule has 0 aliphatic carbocycles. The molecule has 1 atom stereocenters. The summed E-state index contributed by atoms with van der Waals surface area (Å²) >= 11 is 0. The average molecular weight is 445 g/mol. The van der Waals surface area contributed by atoms with Gasteiger partial charge in [0.1, 0.15) is 11.9 Å². The van der Waals surface area contributed by atoms with Gasteiger partial charge >= 0.3 is 0 Å². The van der Waals surface area contributed by atoms with E-state index in [-0.39, 0.29) is 29.7 Å². The molecule has 7 nitrogen and oxygen atoms in total. The fourth-order valence-corrected chi connectivity index (χ4v) is 4.54. The van der Waals surface area contributed by atoms with Gasteiger partial charge in [0.25, 0.3) is 11.8 Å². The van der Waals surface area contributed by atoms with E-state index >= 15 is 4.39 Å². The van der Waals surface area contributed by atoms with Gasteiger partial charge in [0, 0.05) is 20.0 Å². The first kappa shape index (κ1) is 20.8. The Balaban J connectivity index is 1.46. The van der Waals surface area contributed by atoms with Gasteiger partial charge in [-0.2, -0.15) is 0 Å². The normalized spacial score (nSPS) is 18.0. The third-order valence-electron chi connectivity index (χ3n) is 6.21. The molecule has 2 heterocycles. The largest absolute Gasteiger partial charge is 0.368 e. The molecule has 166 valence electrons. The van der Waals surface area contributed by atoms with Crippen molar-refractivity contribution >= 4 is 40.1 Å². The maximum absolute atomic E-state index is 15.1. The SMILES string of the molecule is CN(Cc1cccc2ccccc12)c1cc2c(cc1F)C(=O)N(C1CCC(=O)NC1=O)C2=O. The van der Waals surface area contributed by atoms with Gasteiger partial charge < -0.3 is 4.90 Å². The molecule has 2 aliphatic rings.